The average Bonchev–Trinajstić information content (AvgIpc) is 3.19. The van der Waals surface area contributed by atoms with Gasteiger partial charge in [-0.15, -0.1) is 10.2 Å². The summed E-state index contributed by atoms with van der Waals surface area (Å²) in [6, 6.07) is 7.78. The Labute approximate surface area is 136 Å². The van der Waals surface area contributed by atoms with E-state index in [1.165, 1.54) is 6.42 Å². The number of likely N-dealkylation sites (tertiary alicyclic amines) is 1. The van der Waals surface area contributed by atoms with Crippen LogP contribution >= 0.6 is 0 Å². The van der Waals surface area contributed by atoms with E-state index in [-0.39, 0.29) is 5.54 Å². The van der Waals surface area contributed by atoms with Crippen LogP contribution in [0.15, 0.2) is 24.3 Å². The summed E-state index contributed by atoms with van der Waals surface area (Å²) in [6.45, 7) is 6.21. The zero-order valence-electron chi connectivity index (χ0n) is 14.0. The lowest BCUT2D eigenvalue weighted by molar-refractivity contribution is 0.163. The Morgan fingerprint density at radius 3 is 2.70 bits per heavy atom. The van der Waals surface area contributed by atoms with Crippen LogP contribution in [0.5, 0.6) is 5.75 Å². The van der Waals surface area contributed by atoms with Gasteiger partial charge in [-0.3, -0.25) is 4.90 Å². The summed E-state index contributed by atoms with van der Waals surface area (Å²) in [4.78, 5) is 4.79. The number of aromatic nitrogens is 4. The maximum absolute atomic E-state index is 5.85. The second kappa shape index (κ2) is 6.64. The van der Waals surface area contributed by atoms with Crippen molar-refractivity contribution in [1.82, 2.24) is 30.4 Å². The topological polar surface area (TPSA) is 70.2 Å². The van der Waals surface area contributed by atoms with E-state index in [9.17, 15) is 0 Å². The number of nitrogens with one attached hydrogen (secondary N) is 1. The third-order valence-electron chi connectivity index (χ3n) is 4.74. The number of tetrazole rings is 1. The molecule has 7 nitrogen and oxygen atoms in total. The molecule has 1 fully saturated rings. The van der Waals surface area contributed by atoms with Gasteiger partial charge >= 0.3 is 0 Å². The zero-order valence-corrected chi connectivity index (χ0v) is 14.0. The van der Waals surface area contributed by atoms with Crippen LogP contribution in [0.4, 0.5) is 0 Å². The third-order valence-corrected chi connectivity index (χ3v) is 4.74. The molecule has 1 unspecified atom stereocenters. The summed E-state index contributed by atoms with van der Waals surface area (Å²) in [5.41, 5.74) is 1.21. The van der Waals surface area contributed by atoms with Crippen LogP contribution in [-0.4, -0.2) is 76.3 Å². The number of H-pyrrole nitrogens is 1. The normalized spacial score (nSPS) is 21.9. The number of likely N-dealkylation sites (N-methyl/N-ethyl adjacent to an activating group) is 1. The van der Waals surface area contributed by atoms with Crippen LogP contribution in [0.2, 0.25) is 0 Å². The van der Waals surface area contributed by atoms with Gasteiger partial charge in [-0.05, 0) is 56.9 Å². The van der Waals surface area contributed by atoms with Gasteiger partial charge < -0.3 is 9.64 Å². The van der Waals surface area contributed by atoms with E-state index in [1.807, 2.05) is 24.3 Å². The highest BCUT2D eigenvalue weighted by Crippen LogP contribution is 2.25. The Balaban J connectivity index is 1.46. The number of benzene rings is 1. The first-order valence-electron chi connectivity index (χ1n) is 7.93. The molecule has 0 bridgehead atoms. The van der Waals surface area contributed by atoms with Crippen molar-refractivity contribution < 1.29 is 4.74 Å². The van der Waals surface area contributed by atoms with E-state index in [4.69, 9.17) is 4.74 Å². The Morgan fingerprint density at radius 1 is 1.30 bits per heavy atom. The van der Waals surface area contributed by atoms with Crippen LogP contribution < -0.4 is 4.74 Å². The monoisotopic (exact) mass is 316 g/mol. The Hall–Kier alpha value is -1.99. The maximum atomic E-state index is 5.85. The summed E-state index contributed by atoms with van der Waals surface area (Å²) in [7, 11) is 4.32. The number of rotatable bonds is 6. The third kappa shape index (κ3) is 3.68. The predicted molar refractivity (Wildman–Crippen MR) is 88.3 cm³/mol. The largest absolute Gasteiger partial charge is 0.492 e. The second-order valence-corrected chi connectivity index (χ2v) is 6.53. The van der Waals surface area contributed by atoms with Crippen molar-refractivity contribution in [3.05, 3.63) is 24.3 Å². The molecule has 23 heavy (non-hydrogen) atoms. The number of nitrogens with zero attached hydrogens (tertiary/aromatic N) is 5. The summed E-state index contributed by atoms with van der Waals surface area (Å²) >= 11 is 0. The van der Waals surface area contributed by atoms with Crippen LogP contribution in [0.3, 0.4) is 0 Å². The van der Waals surface area contributed by atoms with Crippen LogP contribution in [0.1, 0.15) is 13.3 Å². The molecular formula is C16H24N6O. The summed E-state index contributed by atoms with van der Waals surface area (Å²) in [6.07, 6.45) is 1.21. The van der Waals surface area contributed by atoms with E-state index >= 15 is 0 Å². The molecule has 0 aliphatic carbocycles. The highest BCUT2D eigenvalue weighted by molar-refractivity contribution is 5.54. The van der Waals surface area contributed by atoms with Crippen molar-refractivity contribution in [2.75, 3.05) is 40.3 Å². The van der Waals surface area contributed by atoms with Gasteiger partial charge in [-0.1, -0.05) is 0 Å². The van der Waals surface area contributed by atoms with E-state index in [2.05, 4.69) is 51.4 Å². The molecule has 2 heterocycles. The van der Waals surface area contributed by atoms with E-state index in [0.717, 1.165) is 30.9 Å². The van der Waals surface area contributed by atoms with Gasteiger partial charge in [0.1, 0.15) is 12.4 Å². The molecule has 124 valence electrons. The van der Waals surface area contributed by atoms with E-state index in [1.54, 1.807) is 0 Å². The highest BCUT2D eigenvalue weighted by Gasteiger charge is 2.35. The van der Waals surface area contributed by atoms with Crippen molar-refractivity contribution in [3.8, 4) is 17.1 Å². The molecule has 1 aliphatic rings. The first-order valence-corrected chi connectivity index (χ1v) is 7.93. The minimum atomic E-state index is 0.284. The predicted octanol–water partition coefficient (Wildman–Crippen LogP) is 1.27. The molecule has 0 radical (unpaired) electrons. The van der Waals surface area contributed by atoms with E-state index in [0.29, 0.717) is 12.4 Å². The number of hydrogen-bond donors (Lipinski definition) is 1. The molecule has 1 N–H and O–H groups in total. The van der Waals surface area contributed by atoms with Gasteiger partial charge in [0.2, 0.25) is 5.82 Å². The van der Waals surface area contributed by atoms with Gasteiger partial charge in [-0.25, -0.2) is 0 Å². The average molecular weight is 316 g/mol. The van der Waals surface area contributed by atoms with Gasteiger partial charge in [0.15, 0.2) is 0 Å². The lowest BCUT2D eigenvalue weighted by Gasteiger charge is -2.32. The minimum absolute atomic E-state index is 0.284. The Bertz CT molecular complexity index is 612. The Kier molecular flexibility index (Phi) is 4.58. The molecule has 1 aliphatic heterocycles. The smallest absolute Gasteiger partial charge is 0.204 e. The molecule has 7 heteroatoms. The van der Waals surface area contributed by atoms with Crippen LogP contribution in [0, 0.1) is 0 Å². The van der Waals surface area contributed by atoms with E-state index < -0.39 is 0 Å². The molecular weight excluding hydrogens is 292 g/mol. The summed E-state index contributed by atoms with van der Waals surface area (Å²) in [5, 5.41) is 13.9. The van der Waals surface area contributed by atoms with Crippen molar-refractivity contribution in [2.24, 2.45) is 0 Å². The lowest BCUT2D eigenvalue weighted by Crippen LogP contribution is -2.44. The standard InChI is InChI=1S/C16H24N6O/c1-16(21(2)3)8-9-22(12-16)10-11-23-14-6-4-13(5-7-14)15-17-19-20-18-15/h4-7H,8-12H2,1-3H3,(H,17,18,19,20). The fourth-order valence-electron chi connectivity index (χ4n) is 2.87. The fraction of sp³-hybridized carbons (Fsp3) is 0.562. The molecule has 0 amide bonds. The first-order chi connectivity index (χ1) is 11.1. The number of ether oxygens (including phenoxy) is 1. The van der Waals surface area contributed by atoms with Crippen LogP contribution in [-0.2, 0) is 0 Å². The molecule has 1 saturated heterocycles. The Morgan fingerprint density at radius 2 is 2.09 bits per heavy atom. The minimum Gasteiger partial charge on any atom is -0.492 e. The molecule has 2 aromatic rings. The molecule has 1 atom stereocenters. The molecule has 1 aromatic carbocycles. The lowest BCUT2D eigenvalue weighted by atomic mass is 10.0. The van der Waals surface area contributed by atoms with Gasteiger partial charge in [0.05, 0.1) is 0 Å². The molecule has 0 saturated carbocycles. The molecule has 1 aromatic heterocycles. The fourth-order valence-corrected chi connectivity index (χ4v) is 2.87. The van der Waals surface area contributed by atoms with Crippen LogP contribution in [0.25, 0.3) is 11.4 Å². The summed E-state index contributed by atoms with van der Waals surface area (Å²) in [5.74, 6) is 1.46. The van der Waals surface area contributed by atoms with Crippen molar-refractivity contribution in [1.29, 1.82) is 0 Å². The number of aromatic amines is 1. The highest BCUT2D eigenvalue weighted by atomic mass is 16.5. The second-order valence-electron chi connectivity index (χ2n) is 6.53. The first kappa shape index (κ1) is 15.9. The summed E-state index contributed by atoms with van der Waals surface area (Å²) < 4.78 is 5.85. The quantitative estimate of drug-likeness (QED) is 0.865. The zero-order chi connectivity index (χ0) is 16.3. The molecule has 0 spiro atoms. The van der Waals surface area contributed by atoms with Crippen molar-refractivity contribution >= 4 is 0 Å². The van der Waals surface area contributed by atoms with Crippen molar-refractivity contribution in [3.63, 3.8) is 0 Å². The molecule has 3 rings (SSSR count). The van der Waals surface area contributed by atoms with Crippen molar-refractivity contribution in [2.45, 2.75) is 18.9 Å². The van der Waals surface area contributed by atoms with Gasteiger partial charge in [-0.2, -0.15) is 5.21 Å². The number of hydrogen-bond acceptors (Lipinski definition) is 6. The van der Waals surface area contributed by atoms with Gasteiger partial charge in [0, 0.05) is 30.7 Å². The SMILES string of the molecule is CN(C)C1(C)CCN(CCOc2ccc(-c3nn[nH]n3)cc2)C1. The van der Waals surface area contributed by atoms with Gasteiger partial charge in [0.25, 0.3) is 0 Å². The maximum Gasteiger partial charge on any atom is 0.204 e.